The van der Waals surface area contributed by atoms with Gasteiger partial charge < -0.3 is 4.74 Å². The predicted octanol–water partition coefficient (Wildman–Crippen LogP) is 2.84. The van der Waals surface area contributed by atoms with Crippen molar-refractivity contribution in [3.63, 3.8) is 0 Å². The van der Waals surface area contributed by atoms with Crippen molar-refractivity contribution in [2.24, 2.45) is 0 Å². The normalized spacial score (nSPS) is 13.1. The van der Waals surface area contributed by atoms with E-state index in [1.165, 1.54) is 11.1 Å². The highest BCUT2D eigenvalue weighted by Gasteiger charge is 2.11. The lowest BCUT2D eigenvalue weighted by molar-refractivity contribution is 0.0235. The summed E-state index contributed by atoms with van der Waals surface area (Å²) in [5.74, 6) is 1.02. The summed E-state index contributed by atoms with van der Waals surface area (Å²) < 4.78 is 5.49. The first-order valence-corrected chi connectivity index (χ1v) is 6.55. The third-order valence-corrected chi connectivity index (χ3v) is 3.21. The molecule has 0 radical (unpaired) electrons. The number of hydrogen-bond donors (Lipinski definition) is 1. The fraction of sp³-hybridized carbons (Fsp3) is 0.250. The van der Waals surface area contributed by atoms with Gasteiger partial charge in [0, 0.05) is 13.0 Å². The van der Waals surface area contributed by atoms with E-state index in [0.29, 0.717) is 13.2 Å². The number of ether oxygens (including phenoxy) is 1. The first kappa shape index (κ1) is 12.2. The molecule has 3 nitrogen and oxygen atoms in total. The number of rotatable bonds is 5. The summed E-state index contributed by atoms with van der Waals surface area (Å²) in [5.41, 5.74) is 6.68. The second-order valence-corrected chi connectivity index (χ2v) is 4.64. The lowest BCUT2D eigenvalue weighted by atomic mass is 10.1. The van der Waals surface area contributed by atoms with Crippen molar-refractivity contribution in [1.29, 1.82) is 0 Å². The molecule has 1 aliphatic heterocycles. The van der Waals surface area contributed by atoms with E-state index in [9.17, 15) is 0 Å². The Bertz CT molecular complexity index is 540. The molecule has 0 aromatic heterocycles. The average Bonchev–Trinajstić information content (AvgIpc) is 2.92. The minimum absolute atomic E-state index is 0.578. The third kappa shape index (κ3) is 3.13. The molecule has 1 aliphatic rings. The Labute approximate surface area is 113 Å². The van der Waals surface area contributed by atoms with Crippen LogP contribution in [0, 0.1) is 0 Å². The highest BCUT2D eigenvalue weighted by molar-refractivity contribution is 5.39. The van der Waals surface area contributed by atoms with Crippen molar-refractivity contribution < 1.29 is 9.57 Å². The zero-order chi connectivity index (χ0) is 12.9. The Kier molecular flexibility index (Phi) is 3.77. The second kappa shape index (κ2) is 5.87. The molecule has 0 unspecified atom stereocenters. The first-order valence-electron chi connectivity index (χ1n) is 6.55. The fourth-order valence-electron chi connectivity index (χ4n) is 2.19. The van der Waals surface area contributed by atoms with Crippen molar-refractivity contribution >= 4 is 0 Å². The molecule has 98 valence electrons. The number of nitrogens with one attached hydrogen (secondary N) is 1. The molecule has 1 N–H and O–H groups in total. The maximum absolute atomic E-state index is 5.49. The van der Waals surface area contributed by atoms with Crippen LogP contribution in [0.3, 0.4) is 0 Å². The van der Waals surface area contributed by atoms with Gasteiger partial charge in [-0.25, -0.2) is 0 Å². The Morgan fingerprint density at radius 1 is 1.05 bits per heavy atom. The average molecular weight is 255 g/mol. The number of hydrogen-bond acceptors (Lipinski definition) is 3. The Balaban J connectivity index is 1.48. The summed E-state index contributed by atoms with van der Waals surface area (Å²) in [7, 11) is 0. The lowest BCUT2D eigenvalue weighted by Gasteiger charge is -2.07. The summed E-state index contributed by atoms with van der Waals surface area (Å²) in [6.45, 7) is 2.09. The molecule has 3 rings (SSSR count). The maximum Gasteiger partial charge on any atom is 0.122 e. The van der Waals surface area contributed by atoms with E-state index in [0.717, 1.165) is 24.3 Å². The van der Waals surface area contributed by atoms with Crippen LogP contribution in [0.2, 0.25) is 0 Å². The largest absolute Gasteiger partial charge is 0.493 e. The van der Waals surface area contributed by atoms with Crippen LogP contribution in [0.1, 0.15) is 16.7 Å². The summed E-state index contributed by atoms with van der Waals surface area (Å²) in [6, 6.07) is 16.4. The smallest absolute Gasteiger partial charge is 0.122 e. The summed E-state index contributed by atoms with van der Waals surface area (Å²) in [5, 5.41) is 0. The van der Waals surface area contributed by atoms with Crippen LogP contribution in [-0.2, 0) is 24.4 Å². The van der Waals surface area contributed by atoms with E-state index >= 15 is 0 Å². The van der Waals surface area contributed by atoms with Gasteiger partial charge in [0.1, 0.15) is 5.75 Å². The van der Waals surface area contributed by atoms with Gasteiger partial charge in [-0.1, -0.05) is 42.5 Å². The second-order valence-electron chi connectivity index (χ2n) is 4.64. The van der Waals surface area contributed by atoms with Crippen LogP contribution in [0.5, 0.6) is 5.75 Å². The van der Waals surface area contributed by atoms with Gasteiger partial charge in [-0.2, -0.15) is 5.48 Å². The third-order valence-electron chi connectivity index (χ3n) is 3.21. The summed E-state index contributed by atoms with van der Waals surface area (Å²) in [4.78, 5) is 5.46. The van der Waals surface area contributed by atoms with Gasteiger partial charge in [0.15, 0.2) is 0 Å². The quantitative estimate of drug-likeness (QED) is 0.658. The van der Waals surface area contributed by atoms with E-state index in [-0.39, 0.29) is 0 Å². The number of hydroxylamine groups is 1. The van der Waals surface area contributed by atoms with Crippen LogP contribution in [0.15, 0.2) is 48.5 Å². The molecule has 0 saturated carbocycles. The standard InChI is InChI=1S/C16H17NO2/c1-2-4-13(5-3-1)12-19-17-11-14-6-7-16-15(10-14)8-9-18-16/h1-7,10,17H,8-9,11-12H2. The van der Waals surface area contributed by atoms with E-state index in [2.05, 4.69) is 29.7 Å². The van der Waals surface area contributed by atoms with Crippen LogP contribution < -0.4 is 10.2 Å². The van der Waals surface area contributed by atoms with Crippen molar-refractivity contribution in [3.8, 4) is 5.75 Å². The van der Waals surface area contributed by atoms with E-state index < -0.39 is 0 Å². The number of fused-ring (bicyclic) bond motifs is 1. The molecule has 3 heteroatoms. The monoisotopic (exact) mass is 255 g/mol. The van der Waals surface area contributed by atoms with Crippen molar-refractivity contribution in [2.75, 3.05) is 6.61 Å². The molecule has 0 amide bonds. The van der Waals surface area contributed by atoms with Crippen LogP contribution in [0.4, 0.5) is 0 Å². The van der Waals surface area contributed by atoms with Crippen LogP contribution in [-0.4, -0.2) is 6.61 Å². The van der Waals surface area contributed by atoms with Gasteiger partial charge in [0.05, 0.1) is 13.2 Å². The van der Waals surface area contributed by atoms with Crippen molar-refractivity contribution in [2.45, 2.75) is 19.6 Å². The lowest BCUT2D eigenvalue weighted by Crippen LogP contribution is -2.13. The first-order chi connectivity index (χ1) is 9.42. The summed E-state index contributed by atoms with van der Waals surface area (Å²) in [6.07, 6.45) is 1.01. The molecule has 0 aliphatic carbocycles. The highest BCUT2D eigenvalue weighted by atomic mass is 16.6. The molecule has 19 heavy (non-hydrogen) atoms. The minimum Gasteiger partial charge on any atom is -0.493 e. The van der Waals surface area contributed by atoms with Crippen molar-refractivity contribution in [1.82, 2.24) is 5.48 Å². The molecule has 0 saturated heterocycles. The molecule has 2 aromatic rings. The Hall–Kier alpha value is -1.84. The Morgan fingerprint density at radius 3 is 2.84 bits per heavy atom. The van der Waals surface area contributed by atoms with Crippen molar-refractivity contribution in [3.05, 3.63) is 65.2 Å². The van der Waals surface area contributed by atoms with E-state index in [1.54, 1.807) is 0 Å². The van der Waals surface area contributed by atoms with Gasteiger partial charge in [0.2, 0.25) is 0 Å². The zero-order valence-corrected chi connectivity index (χ0v) is 10.8. The van der Waals surface area contributed by atoms with Gasteiger partial charge in [0.25, 0.3) is 0 Å². The molecule has 0 bridgehead atoms. The highest BCUT2D eigenvalue weighted by Crippen LogP contribution is 2.25. The molecular weight excluding hydrogens is 238 g/mol. The van der Waals surface area contributed by atoms with E-state index in [1.807, 2.05) is 24.3 Å². The molecule has 2 aromatic carbocycles. The van der Waals surface area contributed by atoms with Gasteiger partial charge >= 0.3 is 0 Å². The molecule has 0 spiro atoms. The molecule has 1 heterocycles. The maximum atomic E-state index is 5.49. The fourth-order valence-corrected chi connectivity index (χ4v) is 2.19. The topological polar surface area (TPSA) is 30.5 Å². The Morgan fingerprint density at radius 2 is 1.95 bits per heavy atom. The molecule has 0 fully saturated rings. The van der Waals surface area contributed by atoms with Crippen LogP contribution >= 0.6 is 0 Å². The predicted molar refractivity (Wildman–Crippen MR) is 73.7 cm³/mol. The minimum atomic E-state index is 0.578. The molecule has 0 atom stereocenters. The van der Waals surface area contributed by atoms with Crippen LogP contribution in [0.25, 0.3) is 0 Å². The van der Waals surface area contributed by atoms with Gasteiger partial charge in [-0.3, -0.25) is 4.84 Å². The SMILES string of the molecule is c1ccc(CONCc2ccc3c(c2)CCO3)cc1. The van der Waals surface area contributed by atoms with Gasteiger partial charge in [-0.15, -0.1) is 0 Å². The van der Waals surface area contributed by atoms with Gasteiger partial charge in [-0.05, 0) is 22.8 Å². The number of benzene rings is 2. The zero-order valence-electron chi connectivity index (χ0n) is 10.8. The van der Waals surface area contributed by atoms with E-state index in [4.69, 9.17) is 9.57 Å². The molecular formula is C16H17NO2. The summed E-state index contributed by atoms with van der Waals surface area (Å²) >= 11 is 0.